The third kappa shape index (κ3) is 3.99. The molecule has 1 nitrogen and oxygen atoms in total. The van der Waals surface area contributed by atoms with Crippen LogP contribution in [-0.2, 0) is 0 Å². The quantitative estimate of drug-likeness (QED) is 0.815. The highest BCUT2D eigenvalue weighted by atomic mass is 14.9. The Balaban J connectivity index is 1.76. The minimum atomic E-state index is 0.740. The highest BCUT2D eigenvalue weighted by Gasteiger charge is 2.22. The van der Waals surface area contributed by atoms with Crippen LogP contribution in [0.2, 0.25) is 0 Å². The predicted octanol–water partition coefficient (Wildman–Crippen LogP) is 4.26. The van der Waals surface area contributed by atoms with Gasteiger partial charge in [-0.3, -0.25) is 0 Å². The average molecular weight is 243 g/mol. The standard InChI is InChI=1S/C17H25N/c1-2-16-12-6-7-13-17(16)18-14-8-11-15-9-4-3-5-10-15/h3-5,8-11,16-18H,2,6-7,12-14H2,1H3/b11-8+. The van der Waals surface area contributed by atoms with Gasteiger partial charge >= 0.3 is 0 Å². The molecular formula is C17H25N. The Hall–Kier alpha value is -1.08. The Morgan fingerprint density at radius 1 is 1.17 bits per heavy atom. The second-order valence-corrected chi connectivity index (χ2v) is 5.28. The highest BCUT2D eigenvalue weighted by molar-refractivity contribution is 5.48. The molecule has 1 aliphatic carbocycles. The third-order valence-corrected chi connectivity index (χ3v) is 4.04. The van der Waals surface area contributed by atoms with Crippen LogP contribution in [0, 0.1) is 5.92 Å². The molecule has 0 spiro atoms. The van der Waals surface area contributed by atoms with Crippen LogP contribution in [0.15, 0.2) is 36.4 Å². The first-order chi connectivity index (χ1) is 8.90. The largest absolute Gasteiger partial charge is 0.310 e. The van der Waals surface area contributed by atoms with Gasteiger partial charge in [-0.2, -0.15) is 0 Å². The predicted molar refractivity (Wildman–Crippen MR) is 79.5 cm³/mol. The maximum Gasteiger partial charge on any atom is 0.0140 e. The van der Waals surface area contributed by atoms with E-state index in [2.05, 4.69) is 54.7 Å². The Morgan fingerprint density at radius 3 is 2.72 bits per heavy atom. The van der Waals surface area contributed by atoms with Crippen molar-refractivity contribution in [2.75, 3.05) is 6.54 Å². The van der Waals surface area contributed by atoms with Crippen LogP contribution in [0.4, 0.5) is 0 Å². The second kappa shape index (κ2) is 7.38. The molecule has 2 rings (SSSR count). The van der Waals surface area contributed by atoms with E-state index in [9.17, 15) is 0 Å². The first kappa shape index (κ1) is 13.4. The zero-order chi connectivity index (χ0) is 12.6. The molecule has 0 saturated heterocycles. The average Bonchev–Trinajstić information content (AvgIpc) is 2.45. The molecule has 1 aromatic rings. The van der Waals surface area contributed by atoms with E-state index in [1.807, 2.05) is 0 Å². The zero-order valence-corrected chi connectivity index (χ0v) is 11.4. The molecule has 98 valence electrons. The van der Waals surface area contributed by atoms with Crippen LogP contribution in [0.25, 0.3) is 6.08 Å². The van der Waals surface area contributed by atoms with Gasteiger partial charge in [-0.1, -0.05) is 68.7 Å². The van der Waals surface area contributed by atoms with Gasteiger partial charge in [0.1, 0.15) is 0 Å². The van der Waals surface area contributed by atoms with E-state index in [4.69, 9.17) is 0 Å². The summed E-state index contributed by atoms with van der Waals surface area (Å²) in [5.41, 5.74) is 1.29. The molecule has 1 saturated carbocycles. The normalized spacial score (nSPS) is 24.5. The first-order valence-electron chi connectivity index (χ1n) is 7.35. The van der Waals surface area contributed by atoms with Crippen LogP contribution in [-0.4, -0.2) is 12.6 Å². The van der Waals surface area contributed by atoms with Crippen molar-refractivity contribution in [3.8, 4) is 0 Å². The van der Waals surface area contributed by atoms with E-state index in [0.29, 0.717) is 0 Å². The molecule has 0 heterocycles. The Kier molecular flexibility index (Phi) is 5.47. The fourth-order valence-corrected chi connectivity index (χ4v) is 2.94. The van der Waals surface area contributed by atoms with E-state index >= 15 is 0 Å². The second-order valence-electron chi connectivity index (χ2n) is 5.28. The highest BCUT2D eigenvalue weighted by Crippen LogP contribution is 2.26. The van der Waals surface area contributed by atoms with E-state index < -0.39 is 0 Å². The van der Waals surface area contributed by atoms with Crippen molar-refractivity contribution in [1.29, 1.82) is 0 Å². The molecule has 0 bridgehead atoms. The summed E-state index contributed by atoms with van der Waals surface area (Å²) in [5.74, 6) is 0.892. The lowest BCUT2D eigenvalue weighted by atomic mass is 9.83. The molecule has 1 N–H and O–H groups in total. The van der Waals surface area contributed by atoms with Crippen molar-refractivity contribution in [2.45, 2.75) is 45.1 Å². The summed E-state index contributed by atoms with van der Waals surface area (Å²) in [6, 6.07) is 11.3. The van der Waals surface area contributed by atoms with Crippen molar-refractivity contribution in [2.24, 2.45) is 5.92 Å². The van der Waals surface area contributed by atoms with E-state index in [1.54, 1.807) is 0 Å². The SMILES string of the molecule is CCC1CCCCC1NC/C=C/c1ccccc1. The summed E-state index contributed by atoms with van der Waals surface area (Å²) in [6.45, 7) is 3.32. The topological polar surface area (TPSA) is 12.0 Å². The van der Waals surface area contributed by atoms with Gasteiger partial charge < -0.3 is 5.32 Å². The molecule has 1 aliphatic rings. The summed E-state index contributed by atoms with van der Waals surface area (Å²) < 4.78 is 0. The van der Waals surface area contributed by atoms with Crippen LogP contribution in [0.5, 0.6) is 0 Å². The summed E-state index contributed by atoms with van der Waals surface area (Å²) in [5, 5.41) is 3.71. The number of benzene rings is 1. The van der Waals surface area contributed by atoms with Gasteiger partial charge in [-0.25, -0.2) is 0 Å². The fraction of sp³-hybridized carbons (Fsp3) is 0.529. The van der Waals surface area contributed by atoms with E-state index in [-0.39, 0.29) is 0 Å². The van der Waals surface area contributed by atoms with Crippen molar-refractivity contribution < 1.29 is 0 Å². The van der Waals surface area contributed by atoms with Gasteiger partial charge in [0.2, 0.25) is 0 Å². The maximum atomic E-state index is 3.71. The molecule has 2 atom stereocenters. The van der Waals surface area contributed by atoms with Crippen molar-refractivity contribution in [3.05, 3.63) is 42.0 Å². The maximum absolute atomic E-state index is 3.71. The van der Waals surface area contributed by atoms with Gasteiger partial charge in [0.05, 0.1) is 0 Å². The monoisotopic (exact) mass is 243 g/mol. The molecule has 0 radical (unpaired) electrons. The van der Waals surface area contributed by atoms with Crippen LogP contribution in [0.1, 0.15) is 44.6 Å². The van der Waals surface area contributed by atoms with Crippen LogP contribution in [0.3, 0.4) is 0 Å². The minimum absolute atomic E-state index is 0.740. The van der Waals surface area contributed by atoms with E-state index in [0.717, 1.165) is 18.5 Å². The lowest BCUT2D eigenvalue weighted by molar-refractivity contribution is 0.262. The molecular weight excluding hydrogens is 218 g/mol. The number of hydrogen-bond donors (Lipinski definition) is 1. The number of nitrogens with one attached hydrogen (secondary N) is 1. The van der Waals surface area contributed by atoms with Crippen LogP contribution >= 0.6 is 0 Å². The molecule has 0 aliphatic heterocycles. The van der Waals surface area contributed by atoms with Gasteiger partial charge in [-0.05, 0) is 24.3 Å². The van der Waals surface area contributed by atoms with Crippen molar-refractivity contribution in [3.63, 3.8) is 0 Å². The third-order valence-electron chi connectivity index (χ3n) is 4.04. The van der Waals surface area contributed by atoms with Gasteiger partial charge in [0.25, 0.3) is 0 Å². The fourth-order valence-electron chi connectivity index (χ4n) is 2.94. The number of rotatable bonds is 5. The smallest absolute Gasteiger partial charge is 0.0140 e. The van der Waals surface area contributed by atoms with Gasteiger partial charge in [0, 0.05) is 12.6 Å². The molecule has 0 aromatic heterocycles. The molecule has 1 fully saturated rings. The molecule has 0 amide bonds. The zero-order valence-electron chi connectivity index (χ0n) is 11.4. The summed E-state index contributed by atoms with van der Waals surface area (Å²) in [6.07, 6.45) is 11.4. The summed E-state index contributed by atoms with van der Waals surface area (Å²) in [7, 11) is 0. The lowest BCUT2D eigenvalue weighted by Crippen LogP contribution is -2.38. The van der Waals surface area contributed by atoms with Crippen LogP contribution < -0.4 is 5.32 Å². The first-order valence-corrected chi connectivity index (χ1v) is 7.35. The summed E-state index contributed by atoms with van der Waals surface area (Å²) >= 11 is 0. The lowest BCUT2D eigenvalue weighted by Gasteiger charge is -2.31. The van der Waals surface area contributed by atoms with E-state index in [1.165, 1.54) is 37.7 Å². The minimum Gasteiger partial charge on any atom is -0.310 e. The molecule has 2 unspecified atom stereocenters. The Morgan fingerprint density at radius 2 is 1.94 bits per heavy atom. The Labute approximate surface area is 111 Å². The molecule has 18 heavy (non-hydrogen) atoms. The van der Waals surface area contributed by atoms with Crippen molar-refractivity contribution in [1.82, 2.24) is 5.32 Å². The van der Waals surface area contributed by atoms with Gasteiger partial charge in [-0.15, -0.1) is 0 Å². The molecule has 1 aromatic carbocycles. The van der Waals surface area contributed by atoms with Crippen molar-refractivity contribution >= 4 is 6.08 Å². The summed E-state index contributed by atoms with van der Waals surface area (Å²) in [4.78, 5) is 0. The number of hydrogen-bond acceptors (Lipinski definition) is 1. The Bertz CT molecular complexity index is 355. The molecule has 1 heteroatoms. The van der Waals surface area contributed by atoms with Gasteiger partial charge in [0.15, 0.2) is 0 Å².